The zero-order valence-electron chi connectivity index (χ0n) is 27.6. The Morgan fingerprint density at radius 2 is 1.08 bits per heavy atom. The highest BCUT2D eigenvalue weighted by Gasteiger charge is 2.33. The van der Waals surface area contributed by atoms with Gasteiger partial charge >= 0.3 is 0 Å². The molecule has 3 aliphatic rings. The molecule has 0 saturated heterocycles. The number of hydrazone groups is 2. The molecular weight excluding hydrogens is 651 g/mol. The number of nitrogens with one attached hydrogen (secondary N) is 3. The molecule has 0 radical (unpaired) electrons. The second-order valence-electron chi connectivity index (χ2n) is 12.4. The zero-order chi connectivity index (χ0) is 34.8. The Labute approximate surface area is 293 Å². The lowest BCUT2D eigenvalue weighted by atomic mass is 10.0. The minimum Gasteiger partial charge on any atom is -0.354 e. The first-order valence-electron chi connectivity index (χ1n) is 16.3. The van der Waals surface area contributed by atoms with Crippen molar-refractivity contribution in [2.24, 2.45) is 10.2 Å². The van der Waals surface area contributed by atoms with Crippen LogP contribution in [0.2, 0.25) is 0 Å². The molecule has 0 aromatic heterocycles. The Morgan fingerprint density at radius 1 is 0.660 bits per heavy atom. The molecule has 3 aliphatic heterocycles. The van der Waals surface area contributed by atoms with E-state index in [4.69, 9.17) is 0 Å². The topological polar surface area (TPSA) is 136 Å². The Bertz CT molecular complexity index is 1910. The highest BCUT2D eigenvalue weighted by Crippen LogP contribution is 2.46. The fourth-order valence-corrected chi connectivity index (χ4v) is 7.50. The van der Waals surface area contributed by atoms with Gasteiger partial charge in [-0.1, -0.05) is 72.4 Å². The average molecular weight is 686 g/mol. The largest absolute Gasteiger partial charge is 0.354 e. The normalized spacial score (nSPS) is 17.6. The third-order valence-electron chi connectivity index (χ3n) is 8.71. The van der Waals surface area contributed by atoms with E-state index in [1.165, 1.54) is 35.6 Å². The smallest absolute Gasteiger partial charge is 0.240 e. The van der Waals surface area contributed by atoms with E-state index in [-0.39, 0.29) is 48.6 Å². The van der Waals surface area contributed by atoms with Gasteiger partial charge in [0.25, 0.3) is 0 Å². The molecule has 2 unspecified atom stereocenters. The maximum atomic E-state index is 13.1. The van der Waals surface area contributed by atoms with Crippen LogP contribution in [0.4, 0.5) is 22.7 Å². The van der Waals surface area contributed by atoms with Crippen LogP contribution in [0.5, 0.6) is 0 Å². The van der Waals surface area contributed by atoms with Crippen LogP contribution in [0.3, 0.4) is 0 Å². The highest BCUT2D eigenvalue weighted by atomic mass is 32.2. The van der Waals surface area contributed by atoms with E-state index in [1.807, 2.05) is 97.1 Å². The van der Waals surface area contributed by atoms with Crippen LogP contribution in [-0.2, 0) is 19.2 Å². The fraction of sp³-hybridized carbons (Fsp3) is 0.211. The van der Waals surface area contributed by atoms with Gasteiger partial charge in [-0.25, -0.2) is 10.0 Å². The number of amides is 4. The third-order valence-corrected chi connectivity index (χ3v) is 9.83. The summed E-state index contributed by atoms with van der Waals surface area (Å²) in [6.07, 6.45) is 1.15. The van der Waals surface area contributed by atoms with E-state index in [9.17, 15) is 19.2 Å². The molecule has 50 heavy (non-hydrogen) atoms. The van der Waals surface area contributed by atoms with E-state index < -0.39 is 0 Å². The van der Waals surface area contributed by atoms with Gasteiger partial charge in [0.2, 0.25) is 23.6 Å². The first-order valence-corrected chi connectivity index (χ1v) is 17.2. The minimum atomic E-state index is -0.224. The number of carbonyl (C=O) groups excluding carboxylic acids is 4. The van der Waals surface area contributed by atoms with Gasteiger partial charge < -0.3 is 16.0 Å². The van der Waals surface area contributed by atoms with Crippen LogP contribution < -0.4 is 16.0 Å². The van der Waals surface area contributed by atoms with Crippen LogP contribution in [0.15, 0.2) is 117 Å². The van der Waals surface area contributed by atoms with Gasteiger partial charge in [-0.2, -0.15) is 10.2 Å². The quantitative estimate of drug-likeness (QED) is 0.158. The Balaban J connectivity index is 0.967. The fourth-order valence-electron chi connectivity index (χ4n) is 6.43. The highest BCUT2D eigenvalue weighted by molar-refractivity contribution is 7.99. The van der Waals surface area contributed by atoms with Gasteiger partial charge in [-0.15, -0.1) is 0 Å². The van der Waals surface area contributed by atoms with Crippen LogP contribution >= 0.6 is 11.8 Å². The van der Waals surface area contributed by atoms with Gasteiger partial charge in [0.05, 0.1) is 47.7 Å². The molecule has 3 heterocycles. The molecular formula is C38H35N7O4S. The number of anilines is 4. The Morgan fingerprint density at radius 3 is 1.48 bits per heavy atom. The van der Waals surface area contributed by atoms with Crippen molar-refractivity contribution >= 4 is 69.6 Å². The summed E-state index contributed by atoms with van der Waals surface area (Å²) in [5.74, 6) is -0.766. The van der Waals surface area contributed by atoms with Gasteiger partial charge in [0, 0.05) is 47.9 Å². The summed E-state index contributed by atoms with van der Waals surface area (Å²) >= 11 is 1.53. The van der Waals surface area contributed by atoms with Crippen molar-refractivity contribution in [3.63, 3.8) is 0 Å². The molecule has 7 rings (SSSR count). The van der Waals surface area contributed by atoms with Crippen molar-refractivity contribution in [2.45, 2.75) is 61.4 Å². The molecule has 12 heteroatoms. The zero-order valence-corrected chi connectivity index (χ0v) is 28.4. The van der Waals surface area contributed by atoms with E-state index >= 15 is 0 Å². The van der Waals surface area contributed by atoms with Gasteiger partial charge in [-0.05, 0) is 47.5 Å². The van der Waals surface area contributed by atoms with Crippen molar-refractivity contribution in [1.82, 2.24) is 10.0 Å². The van der Waals surface area contributed by atoms with Crippen molar-refractivity contribution in [3.8, 4) is 0 Å². The number of benzene rings is 4. The first kappa shape index (κ1) is 32.8. The average Bonchev–Trinajstić information content (AvgIpc) is 3.73. The SMILES string of the molecule is CC(=O)N1N=C(CC(=O)Nc2ccc3c(c2)Sc2cc(NC(=O)CC4=NN(C(C)=O)C(c5ccccc5)C4)ccc2N3)CC1c1ccccc1. The summed E-state index contributed by atoms with van der Waals surface area (Å²) in [7, 11) is 0. The number of hydrogen-bond acceptors (Lipinski definition) is 8. The number of nitrogens with zero attached hydrogens (tertiary/aromatic N) is 4. The van der Waals surface area contributed by atoms with E-state index in [1.54, 1.807) is 0 Å². The van der Waals surface area contributed by atoms with Crippen molar-refractivity contribution < 1.29 is 19.2 Å². The second kappa shape index (κ2) is 14.0. The lowest BCUT2D eigenvalue weighted by molar-refractivity contribution is -0.131. The Hall–Kier alpha value is -5.75. The summed E-state index contributed by atoms with van der Waals surface area (Å²) in [6.45, 7) is 2.96. The molecule has 0 spiro atoms. The maximum Gasteiger partial charge on any atom is 0.240 e. The Kier molecular flexibility index (Phi) is 9.18. The third kappa shape index (κ3) is 7.15. The molecule has 4 aromatic carbocycles. The van der Waals surface area contributed by atoms with Crippen molar-refractivity contribution in [3.05, 3.63) is 108 Å². The van der Waals surface area contributed by atoms with E-state index in [0.717, 1.165) is 32.3 Å². The van der Waals surface area contributed by atoms with Crippen molar-refractivity contribution in [2.75, 3.05) is 16.0 Å². The summed E-state index contributed by atoms with van der Waals surface area (Å²) in [5, 5.41) is 21.3. The summed E-state index contributed by atoms with van der Waals surface area (Å²) < 4.78 is 0. The summed E-state index contributed by atoms with van der Waals surface area (Å²) in [5.41, 5.74) is 6.35. The van der Waals surface area contributed by atoms with Gasteiger partial charge in [0.15, 0.2) is 0 Å². The van der Waals surface area contributed by atoms with Crippen LogP contribution in [0.25, 0.3) is 0 Å². The number of fused-ring (bicyclic) bond motifs is 2. The molecule has 11 nitrogen and oxygen atoms in total. The molecule has 0 fully saturated rings. The van der Waals surface area contributed by atoms with E-state index in [2.05, 4.69) is 26.2 Å². The monoisotopic (exact) mass is 685 g/mol. The second-order valence-corrected chi connectivity index (χ2v) is 13.5. The van der Waals surface area contributed by atoms with Crippen molar-refractivity contribution in [1.29, 1.82) is 0 Å². The lowest BCUT2D eigenvalue weighted by Gasteiger charge is -2.22. The van der Waals surface area contributed by atoms with Gasteiger partial charge in [0.1, 0.15) is 0 Å². The maximum absolute atomic E-state index is 13.1. The first-order chi connectivity index (χ1) is 24.2. The number of hydrogen-bond donors (Lipinski definition) is 3. The standard InChI is InChI=1S/C38H35N7O4S/c1-23(46)44-33(25-9-5-3-6-10-25)17-29(42-44)21-37(48)39-27-13-15-31-35(19-27)50-36-20-28(14-16-32(36)41-31)40-38(49)22-30-18-34(45(43-30)24(2)47)26-11-7-4-8-12-26/h3-16,19-20,33-34,41H,17-18,21-22H2,1-2H3,(H,39,48)(H,40,49). The molecule has 0 bridgehead atoms. The minimum absolute atomic E-state index is 0.0770. The predicted molar refractivity (Wildman–Crippen MR) is 194 cm³/mol. The molecule has 4 amide bonds. The molecule has 2 atom stereocenters. The molecule has 4 aromatic rings. The predicted octanol–water partition coefficient (Wildman–Crippen LogP) is 7.25. The molecule has 3 N–H and O–H groups in total. The lowest BCUT2D eigenvalue weighted by Crippen LogP contribution is -2.24. The molecule has 252 valence electrons. The molecule has 0 saturated carbocycles. The number of carbonyl (C=O) groups is 4. The van der Waals surface area contributed by atoms with Crippen LogP contribution in [0, 0.1) is 0 Å². The summed E-state index contributed by atoms with van der Waals surface area (Å²) in [6, 6.07) is 30.3. The van der Waals surface area contributed by atoms with Crippen LogP contribution in [0.1, 0.15) is 62.7 Å². The van der Waals surface area contributed by atoms with E-state index in [0.29, 0.717) is 35.6 Å². The summed E-state index contributed by atoms with van der Waals surface area (Å²) in [4.78, 5) is 52.6. The van der Waals surface area contributed by atoms with Gasteiger partial charge in [-0.3, -0.25) is 19.2 Å². The molecule has 0 aliphatic carbocycles. The number of rotatable bonds is 8. The van der Waals surface area contributed by atoms with Crippen LogP contribution in [-0.4, -0.2) is 45.1 Å².